The summed E-state index contributed by atoms with van der Waals surface area (Å²) in [5, 5.41) is 14.3. The molecule has 0 spiro atoms. The summed E-state index contributed by atoms with van der Waals surface area (Å²) in [5.41, 5.74) is 0.999. The number of nitrogens with zero attached hydrogens (tertiary/aromatic N) is 2. The lowest BCUT2D eigenvalue weighted by Gasteiger charge is -2.10. The summed E-state index contributed by atoms with van der Waals surface area (Å²) >= 11 is 7.60. The van der Waals surface area contributed by atoms with Gasteiger partial charge in [0.25, 0.3) is 0 Å². The quantitative estimate of drug-likeness (QED) is 0.478. The Morgan fingerprint density at radius 1 is 1.00 bits per heavy atom. The van der Waals surface area contributed by atoms with Gasteiger partial charge in [-0.1, -0.05) is 47.6 Å². The minimum absolute atomic E-state index is 0.728. The summed E-state index contributed by atoms with van der Waals surface area (Å²) in [5.74, 6) is 1.52. The maximum absolute atomic E-state index is 5.98. The van der Waals surface area contributed by atoms with Gasteiger partial charge in [0.05, 0.1) is 0 Å². The molecule has 0 atom stereocenters. The number of H-pyrrole nitrogens is 1. The van der Waals surface area contributed by atoms with E-state index in [-0.39, 0.29) is 0 Å². The molecule has 0 radical (unpaired) electrons. The zero-order valence-electron chi connectivity index (χ0n) is 13.5. The highest BCUT2D eigenvalue weighted by molar-refractivity contribution is 7.99. The molecule has 2 aromatic carbocycles. The Balaban J connectivity index is 1.74. The van der Waals surface area contributed by atoms with Gasteiger partial charge in [-0.15, -0.1) is 0 Å². The first kappa shape index (κ1) is 16.0. The lowest BCUT2D eigenvalue weighted by atomic mass is 10.2. The molecule has 0 aliphatic heterocycles. The molecule has 0 bridgehead atoms. The number of nitrogens with one attached hydrogen (secondary N) is 2. The molecule has 0 aliphatic carbocycles. The average molecular weight is 367 g/mol. The van der Waals surface area contributed by atoms with E-state index in [0.29, 0.717) is 0 Å². The van der Waals surface area contributed by atoms with Crippen molar-refractivity contribution in [3.63, 3.8) is 0 Å². The number of pyridine rings is 1. The van der Waals surface area contributed by atoms with E-state index in [1.165, 1.54) is 0 Å². The average Bonchev–Trinajstić information content (AvgIpc) is 3.02. The third kappa shape index (κ3) is 3.62. The van der Waals surface area contributed by atoms with Crippen molar-refractivity contribution in [2.75, 3.05) is 5.32 Å². The van der Waals surface area contributed by atoms with Crippen LogP contribution >= 0.6 is 23.4 Å². The van der Waals surface area contributed by atoms with E-state index < -0.39 is 0 Å². The predicted octanol–water partition coefficient (Wildman–Crippen LogP) is 5.81. The Morgan fingerprint density at radius 2 is 1.80 bits per heavy atom. The van der Waals surface area contributed by atoms with E-state index in [1.54, 1.807) is 11.8 Å². The maximum atomic E-state index is 5.98. The molecular formula is C19H15ClN4S. The Bertz CT molecular complexity index is 1030. The number of aromatic nitrogens is 3. The van der Waals surface area contributed by atoms with E-state index in [0.717, 1.165) is 43.0 Å². The van der Waals surface area contributed by atoms with Crippen LogP contribution in [-0.2, 0) is 0 Å². The Kier molecular flexibility index (Phi) is 4.34. The third-order valence-corrected chi connectivity index (χ3v) is 4.96. The third-order valence-electron chi connectivity index (χ3n) is 3.70. The van der Waals surface area contributed by atoms with Crippen LogP contribution in [0.15, 0.2) is 70.6 Å². The van der Waals surface area contributed by atoms with Crippen LogP contribution < -0.4 is 5.32 Å². The van der Waals surface area contributed by atoms with Crippen LogP contribution in [0.4, 0.5) is 11.6 Å². The van der Waals surface area contributed by atoms with Crippen LogP contribution in [0.5, 0.6) is 0 Å². The number of aromatic amines is 1. The molecule has 2 N–H and O–H groups in total. The van der Waals surface area contributed by atoms with Gasteiger partial charge in [0, 0.05) is 27.1 Å². The van der Waals surface area contributed by atoms with Crippen LogP contribution in [0, 0.1) is 6.92 Å². The van der Waals surface area contributed by atoms with Crippen LogP contribution in [0.3, 0.4) is 0 Å². The van der Waals surface area contributed by atoms with Gasteiger partial charge in [0.15, 0.2) is 5.82 Å². The summed E-state index contributed by atoms with van der Waals surface area (Å²) in [6.45, 7) is 1.97. The van der Waals surface area contributed by atoms with Crippen molar-refractivity contribution < 1.29 is 0 Å². The van der Waals surface area contributed by atoms with Crippen molar-refractivity contribution in [2.45, 2.75) is 16.8 Å². The summed E-state index contributed by atoms with van der Waals surface area (Å²) in [6.07, 6.45) is 0. The minimum Gasteiger partial charge on any atom is -0.323 e. The number of rotatable bonds is 4. The molecule has 0 saturated heterocycles. The SMILES string of the molecule is Cc1cc(Nc2cc3ccccc3c(Sc3ccc(Cl)cc3)n2)n[nH]1. The molecule has 0 saturated carbocycles. The smallest absolute Gasteiger partial charge is 0.153 e. The fourth-order valence-electron chi connectivity index (χ4n) is 2.54. The Morgan fingerprint density at radius 3 is 2.56 bits per heavy atom. The van der Waals surface area contributed by atoms with E-state index >= 15 is 0 Å². The summed E-state index contributed by atoms with van der Waals surface area (Å²) in [4.78, 5) is 5.88. The van der Waals surface area contributed by atoms with Gasteiger partial charge in [-0.2, -0.15) is 5.10 Å². The van der Waals surface area contributed by atoms with Crippen molar-refractivity contribution in [1.82, 2.24) is 15.2 Å². The van der Waals surface area contributed by atoms with Gasteiger partial charge in [-0.25, -0.2) is 4.98 Å². The first-order valence-corrected chi connectivity index (χ1v) is 8.99. The second kappa shape index (κ2) is 6.78. The molecular weight excluding hydrogens is 352 g/mol. The molecule has 4 nitrogen and oxygen atoms in total. The van der Waals surface area contributed by atoms with Crippen LogP contribution in [-0.4, -0.2) is 15.2 Å². The zero-order valence-corrected chi connectivity index (χ0v) is 15.0. The predicted molar refractivity (Wildman–Crippen MR) is 104 cm³/mol. The molecule has 6 heteroatoms. The van der Waals surface area contributed by atoms with Crippen LogP contribution in [0.1, 0.15) is 5.69 Å². The highest BCUT2D eigenvalue weighted by Crippen LogP contribution is 2.34. The molecule has 0 unspecified atom stereocenters. The fourth-order valence-corrected chi connectivity index (χ4v) is 3.60. The minimum atomic E-state index is 0.728. The molecule has 4 aromatic rings. The second-order valence-corrected chi connectivity index (χ2v) is 7.15. The molecule has 2 aromatic heterocycles. The van der Waals surface area contributed by atoms with Crippen molar-refractivity contribution >= 4 is 45.8 Å². The first-order valence-electron chi connectivity index (χ1n) is 7.80. The topological polar surface area (TPSA) is 53.6 Å². The van der Waals surface area contributed by atoms with E-state index in [1.807, 2.05) is 55.5 Å². The van der Waals surface area contributed by atoms with Gasteiger partial charge < -0.3 is 5.32 Å². The molecule has 0 fully saturated rings. The summed E-state index contributed by atoms with van der Waals surface area (Å²) in [7, 11) is 0. The second-order valence-electron chi connectivity index (χ2n) is 5.65. The number of benzene rings is 2. The number of anilines is 2. The highest BCUT2D eigenvalue weighted by Gasteiger charge is 2.09. The zero-order chi connectivity index (χ0) is 17.2. The standard InChI is InChI=1S/C19H15ClN4S/c1-12-10-18(24-23-12)21-17-11-13-4-2-3-5-16(13)19(22-17)25-15-8-6-14(20)7-9-15/h2-11H,1H3,(H2,21,22,23,24). The van der Waals surface area contributed by atoms with Gasteiger partial charge >= 0.3 is 0 Å². The first-order chi connectivity index (χ1) is 12.2. The number of fused-ring (bicyclic) bond motifs is 1. The lowest BCUT2D eigenvalue weighted by Crippen LogP contribution is -1.96. The number of aryl methyl sites for hydroxylation is 1. The Labute approximate surface area is 154 Å². The monoisotopic (exact) mass is 366 g/mol. The number of halogens is 1. The van der Waals surface area contributed by atoms with Crippen molar-refractivity contribution in [3.8, 4) is 0 Å². The van der Waals surface area contributed by atoms with Gasteiger partial charge in [0.2, 0.25) is 0 Å². The summed E-state index contributed by atoms with van der Waals surface area (Å²) < 4.78 is 0. The van der Waals surface area contributed by atoms with Crippen molar-refractivity contribution in [1.29, 1.82) is 0 Å². The lowest BCUT2D eigenvalue weighted by molar-refractivity contribution is 1.04. The molecule has 0 aliphatic rings. The fraction of sp³-hybridized carbons (Fsp3) is 0.0526. The van der Waals surface area contributed by atoms with E-state index in [4.69, 9.17) is 16.6 Å². The van der Waals surface area contributed by atoms with Gasteiger partial charge in [0.1, 0.15) is 10.8 Å². The van der Waals surface area contributed by atoms with E-state index in [2.05, 4.69) is 27.6 Å². The van der Waals surface area contributed by atoms with Gasteiger partial charge in [-0.05, 0) is 42.6 Å². The molecule has 4 rings (SSSR count). The molecule has 25 heavy (non-hydrogen) atoms. The largest absolute Gasteiger partial charge is 0.323 e. The number of hydrogen-bond donors (Lipinski definition) is 2. The molecule has 124 valence electrons. The number of hydrogen-bond acceptors (Lipinski definition) is 4. The molecule has 2 heterocycles. The van der Waals surface area contributed by atoms with Crippen molar-refractivity contribution in [3.05, 3.63) is 71.4 Å². The highest BCUT2D eigenvalue weighted by atomic mass is 35.5. The maximum Gasteiger partial charge on any atom is 0.153 e. The van der Waals surface area contributed by atoms with Crippen LogP contribution in [0.25, 0.3) is 10.8 Å². The summed E-state index contributed by atoms with van der Waals surface area (Å²) in [6, 6.07) is 20.0. The molecule has 0 amide bonds. The van der Waals surface area contributed by atoms with Crippen molar-refractivity contribution in [2.24, 2.45) is 0 Å². The van der Waals surface area contributed by atoms with Crippen LogP contribution in [0.2, 0.25) is 5.02 Å². The Hall–Kier alpha value is -2.50. The van der Waals surface area contributed by atoms with E-state index in [9.17, 15) is 0 Å². The normalized spacial score (nSPS) is 11.0. The van der Waals surface area contributed by atoms with Gasteiger partial charge in [-0.3, -0.25) is 5.10 Å².